The summed E-state index contributed by atoms with van der Waals surface area (Å²) in [4.78, 5) is 16.7. The Morgan fingerprint density at radius 3 is 2.67 bits per heavy atom. The fourth-order valence-electron chi connectivity index (χ4n) is 2.36. The van der Waals surface area contributed by atoms with Crippen molar-refractivity contribution in [2.45, 2.75) is 6.92 Å². The monoisotopic (exact) mass is 397 g/mol. The minimum Gasteiger partial charge on any atom is -0.306 e. The van der Waals surface area contributed by atoms with Gasteiger partial charge in [-0.3, -0.25) is 4.79 Å². The molecule has 1 aromatic carbocycles. The number of nitrogens with zero attached hydrogens (tertiary/aromatic N) is 4. The highest BCUT2D eigenvalue weighted by atomic mass is 35.5. The third-order valence-corrected chi connectivity index (χ3v) is 4.02. The van der Waals surface area contributed by atoms with E-state index in [-0.39, 0.29) is 10.6 Å². The summed E-state index contributed by atoms with van der Waals surface area (Å²) in [5.74, 6) is 0.0889. The number of nitriles is 1. The number of aromatic nitrogens is 3. The molecule has 1 amide bonds. The van der Waals surface area contributed by atoms with Gasteiger partial charge in [-0.1, -0.05) is 53.5 Å². The molecule has 0 radical (unpaired) electrons. The van der Waals surface area contributed by atoms with Crippen molar-refractivity contribution in [2.75, 3.05) is 5.32 Å². The van der Waals surface area contributed by atoms with Crippen LogP contribution in [0.1, 0.15) is 11.3 Å². The molecule has 1 N–H and O–H groups in total. The van der Waals surface area contributed by atoms with Crippen molar-refractivity contribution >= 4 is 41.0 Å². The van der Waals surface area contributed by atoms with E-state index in [4.69, 9.17) is 23.2 Å². The first kappa shape index (κ1) is 18.6. The van der Waals surface area contributed by atoms with Crippen LogP contribution in [0, 0.1) is 18.3 Å². The maximum atomic E-state index is 12.6. The Kier molecular flexibility index (Phi) is 5.55. The zero-order chi connectivity index (χ0) is 19.4. The molecule has 0 spiro atoms. The predicted molar refractivity (Wildman–Crippen MR) is 105 cm³/mol. The fourth-order valence-corrected chi connectivity index (χ4v) is 2.82. The van der Waals surface area contributed by atoms with Gasteiger partial charge in [0.1, 0.15) is 17.5 Å². The highest BCUT2D eigenvalue weighted by molar-refractivity contribution is 6.35. The number of amides is 1. The molecule has 2 heterocycles. The van der Waals surface area contributed by atoms with Crippen LogP contribution < -0.4 is 5.32 Å². The van der Waals surface area contributed by atoms with E-state index in [1.54, 1.807) is 25.1 Å². The highest BCUT2D eigenvalue weighted by Gasteiger charge is 2.17. The van der Waals surface area contributed by atoms with Crippen LogP contribution in [0.2, 0.25) is 10.0 Å². The Hall–Kier alpha value is -3.14. The Morgan fingerprint density at radius 2 is 2.00 bits per heavy atom. The fraction of sp³-hybridized carbons (Fsp3) is 0.0526. The number of benzene rings is 1. The molecule has 0 unspecified atom stereocenters. The molecule has 0 fully saturated rings. The first-order valence-electron chi connectivity index (χ1n) is 7.84. The molecule has 8 heteroatoms. The summed E-state index contributed by atoms with van der Waals surface area (Å²) in [6.07, 6.45) is 2.94. The second kappa shape index (κ2) is 8.04. The SMILES string of the molecule is Cc1cc(NC(=O)/C(C#N)=C/c2ccccc2)n(-c2ncc(Cl)cc2Cl)n1. The van der Waals surface area contributed by atoms with Gasteiger partial charge in [-0.05, 0) is 24.6 Å². The third-order valence-electron chi connectivity index (χ3n) is 3.54. The van der Waals surface area contributed by atoms with Gasteiger partial charge < -0.3 is 5.32 Å². The molecule has 0 bridgehead atoms. The van der Waals surface area contributed by atoms with Crippen LogP contribution in [0.15, 0.2) is 54.2 Å². The van der Waals surface area contributed by atoms with Gasteiger partial charge in [-0.15, -0.1) is 0 Å². The summed E-state index contributed by atoms with van der Waals surface area (Å²) in [7, 11) is 0. The van der Waals surface area contributed by atoms with Crippen LogP contribution >= 0.6 is 23.2 Å². The Balaban J connectivity index is 1.93. The zero-order valence-corrected chi connectivity index (χ0v) is 15.7. The number of hydrogen-bond acceptors (Lipinski definition) is 4. The number of nitrogens with one attached hydrogen (secondary N) is 1. The second-order valence-electron chi connectivity index (χ2n) is 5.58. The second-order valence-corrected chi connectivity index (χ2v) is 6.42. The van der Waals surface area contributed by atoms with Crippen LogP contribution in [-0.4, -0.2) is 20.7 Å². The maximum Gasteiger partial charge on any atom is 0.267 e. The molecule has 2 aromatic heterocycles. The van der Waals surface area contributed by atoms with E-state index < -0.39 is 5.91 Å². The molecule has 134 valence electrons. The first-order chi connectivity index (χ1) is 13.0. The molecule has 0 atom stereocenters. The normalized spacial score (nSPS) is 11.1. The molecule has 0 aliphatic rings. The standard InChI is InChI=1S/C19H13Cl2N5O/c1-12-7-17(26(25-12)18-16(21)9-15(20)11-23-18)24-19(27)14(10-22)8-13-5-3-2-4-6-13/h2-9,11H,1H3,(H,24,27)/b14-8+. The molecule has 0 saturated heterocycles. The zero-order valence-electron chi connectivity index (χ0n) is 14.1. The van der Waals surface area contributed by atoms with E-state index >= 15 is 0 Å². The van der Waals surface area contributed by atoms with Crippen molar-refractivity contribution in [3.63, 3.8) is 0 Å². The smallest absolute Gasteiger partial charge is 0.267 e. The topological polar surface area (TPSA) is 83.6 Å². The number of halogens is 2. The summed E-state index contributed by atoms with van der Waals surface area (Å²) in [5, 5.41) is 17.0. The number of rotatable bonds is 4. The van der Waals surface area contributed by atoms with Crippen LogP contribution in [0.25, 0.3) is 11.9 Å². The van der Waals surface area contributed by atoms with Gasteiger partial charge in [0.2, 0.25) is 0 Å². The lowest BCUT2D eigenvalue weighted by atomic mass is 10.1. The van der Waals surface area contributed by atoms with E-state index in [1.165, 1.54) is 23.0 Å². The highest BCUT2D eigenvalue weighted by Crippen LogP contribution is 2.25. The van der Waals surface area contributed by atoms with E-state index in [0.29, 0.717) is 22.4 Å². The van der Waals surface area contributed by atoms with Crippen molar-refractivity contribution < 1.29 is 4.79 Å². The van der Waals surface area contributed by atoms with Gasteiger partial charge in [0, 0.05) is 12.3 Å². The van der Waals surface area contributed by atoms with Crippen molar-refractivity contribution in [3.05, 3.63) is 75.5 Å². The Bertz CT molecular complexity index is 1070. The molecule has 3 rings (SSSR count). The number of hydrogen-bond donors (Lipinski definition) is 1. The predicted octanol–water partition coefficient (Wildman–Crippen LogP) is 4.43. The summed E-state index contributed by atoms with van der Waals surface area (Å²) in [5.41, 5.74) is 1.35. The molecule has 0 saturated carbocycles. The van der Waals surface area contributed by atoms with Crippen molar-refractivity contribution in [3.8, 4) is 11.9 Å². The summed E-state index contributed by atoms with van der Waals surface area (Å²) >= 11 is 12.1. The molecule has 6 nitrogen and oxygen atoms in total. The number of carbonyl (C=O) groups excluding carboxylic acids is 1. The van der Waals surface area contributed by atoms with Crippen LogP contribution in [-0.2, 0) is 4.79 Å². The van der Waals surface area contributed by atoms with Gasteiger partial charge in [0.25, 0.3) is 5.91 Å². The van der Waals surface area contributed by atoms with Crippen molar-refractivity contribution in [1.82, 2.24) is 14.8 Å². The lowest BCUT2D eigenvalue weighted by Crippen LogP contribution is -2.17. The van der Waals surface area contributed by atoms with Gasteiger partial charge >= 0.3 is 0 Å². The molecular formula is C19H13Cl2N5O. The summed E-state index contributed by atoms with van der Waals surface area (Å²) in [6, 6.07) is 14.2. The average molecular weight is 398 g/mol. The Morgan fingerprint density at radius 1 is 1.26 bits per heavy atom. The van der Waals surface area contributed by atoms with E-state index in [0.717, 1.165) is 5.56 Å². The molecule has 3 aromatic rings. The van der Waals surface area contributed by atoms with Gasteiger partial charge in [0.05, 0.1) is 15.7 Å². The van der Waals surface area contributed by atoms with Crippen LogP contribution in [0.4, 0.5) is 5.82 Å². The number of aryl methyl sites for hydroxylation is 1. The van der Waals surface area contributed by atoms with E-state index in [2.05, 4.69) is 15.4 Å². The largest absolute Gasteiger partial charge is 0.306 e. The van der Waals surface area contributed by atoms with Gasteiger partial charge in [-0.25, -0.2) is 4.98 Å². The molecule has 0 aliphatic heterocycles. The quantitative estimate of drug-likeness (QED) is 0.521. The Labute approximate surface area is 165 Å². The van der Waals surface area contributed by atoms with E-state index in [9.17, 15) is 10.1 Å². The lowest BCUT2D eigenvalue weighted by Gasteiger charge is -2.09. The first-order valence-corrected chi connectivity index (χ1v) is 8.60. The minimum atomic E-state index is -0.562. The van der Waals surface area contributed by atoms with Crippen LogP contribution in [0.3, 0.4) is 0 Å². The number of anilines is 1. The van der Waals surface area contributed by atoms with Gasteiger partial charge in [0.15, 0.2) is 5.82 Å². The van der Waals surface area contributed by atoms with E-state index in [1.807, 2.05) is 24.3 Å². The summed E-state index contributed by atoms with van der Waals surface area (Å²) < 4.78 is 1.39. The number of pyridine rings is 1. The van der Waals surface area contributed by atoms with Gasteiger partial charge in [-0.2, -0.15) is 15.0 Å². The maximum absolute atomic E-state index is 12.6. The van der Waals surface area contributed by atoms with Crippen molar-refractivity contribution in [2.24, 2.45) is 0 Å². The minimum absolute atomic E-state index is 0.0400. The average Bonchev–Trinajstić information content (AvgIpc) is 3.00. The third kappa shape index (κ3) is 4.34. The number of carbonyl (C=O) groups is 1. The lowest BCUT2D eigenvalue weighted by molar-refractivity contribution is -0.112. The summed E-state index contributed by atoms with van der Waals surface area (Å²) in [6.45, 7) is 1.76. The van der Waals surface area contributed by atoms with Crippen molar-refractivity contribution in [1.29, 1.82) is 5.26 Å². The molecule has 0 aliphatic carbocycles. The molecule has 27 heavy (non-hydrogen) atoms. The molecular weight excluding hydrogens is 385 g/mol. The van der Waals surface area contributed by atoms with Crippen LogP contribution in [0.5, 0.6) is 0 Å².